The number of benzene rings is 1. The number of methoxy groups -OCH3 is 1. The van der Waals surface area contributed by atoms with Crippen molar-refractivity contribution in [2.45, 2.75) is 6.54 Å². The summed E-state index contributed by atoms with van der Waals surface area (Å²) in [6.45, 7) is 0.453. The van der Waals surface area contributed by atoms with Crippen molar-refractivity contribution >= 4 is 6.29 Å². The van der Waals surface area contributed by atoms with Crippen molar-refractivity contribution in [3.05, 3.63) is 29.1 Å². The van der Waals surface area contributed by atoms with Gasteiger partial charge in [-0.1, -0.05) is 0 Å². The first-order valence-electron chi connectivity index (χ1n) is 4.19. The Morgan fingerprint density at radius 2 is 2.29 bits per heavy atom. The Morgan fingerprint density at radius 1 is 1.57 bits per heavy atom. The SMILES string of the molecule is CNCc1cc(F)c(OC)cc1C=O. The molecule has 0 spiro atoms. The summed E-state index contributed by atoms with van der Waals surface area (Å²) >= 11 is 0. The van der Waals surface area contributed by atoms with Crippen molar-refractivity contribution in [1.29, 1.82) is 0 Å². The maximum absolute atomic E-state index is 13.2. The van der Waals surface area contributed by atoms with Crippen LogP contribution in [-0.2, 0) is 6.54 Å². The number of carbonyl (C=O) groups excluding carboxylic acids is 1. The van der Waals surface area contributed by atoms with Gasteiger partial charge < -0.3 is 10.1 Å². The maximum Gasteiger partial charge on any atom is 0.165 e. The summed E-state index contributed by atoms with van der Waals surface area (Å²) in [5, 5.41) is 2.86. The van der Waals surface area contributed by atoms with E-state index in [2.05, 4.69) is 5.32 Å². The van der Waals surface area contributed by atoms with Crippen molar-refractivity contribution in [2.75, 3.05) is 14.2 Å². The number of rotatable bonds is 4. The number of halogens is 1. The van der Waals surface area contributed by atoms with Crippen LogP contribution in [0.1, 0.15) is 15.9 Å². The average Bonchev–Trinajstić information content (AvgIpc) is 2.19. The lowest BCUT2D eigenvalue weighted by molar-refractivity contribution is 0.112. The predicted molar refractivity (Wildman–Crippen MR) is 51.1 cm³/mol. The van der Waals surface area contributed by atoms with Gasteiger partial charge in [-0.15, -0.1) is 0 Å². The highest BCUT2D eigenvalue weighted by molar-refractivity contribution is 5.78. The van der Waals surface area contributed by atoms with Crippen LogP contribution >= 0.6 is 0 Å². The first-order valence-corrected chi connectivity index (χ1v) is 4.19. The van der Waals surface area contributed by atoms with E-state index in [1.807, 2.05) is 0 Å². The standard InChI is InChI=1S/C10H12FNO2/c1-12-5-7-3-9(11)10(14-2)4-8(7)6-13/h3-4,6,12H,5H2,1-2H3. The first-order chi connectivity index (χ1) is 6.72. The van der Waals surface area contributed by atoms with Crippen LogP contribution in [0, 0.1) is 5.82 Å². The minimum atomic E-state index is -0.455. The fourth-order valence-corrected chi connectivity index (χ4v) is 1.22. The predicted octanol–water partition coefficient (Wildman–Crippen LogP) is 1.37. The first kappa shape index (κ1) is 10.7. The van der Waals surface area contributed by atoms with Crippen LogP contribution in [0.15, 0.2) is 12.1 Å². The molecule has 1 N–H and O–H groups in total. The van der Waals surface area contributed by atoms with Gasteiger partial charge in [0, 0.05) is 12.1 Å². The zero-order valence-electron chi connectivity index (χ0n) is 8.13. The highest BCUT2D eigenvalue weighted by atomic mass is 19.1. The van der Waals surface area contributed by atoms with Gasteiger partial charge >= 0.3 is 0 Å². The van der Waals surface area contributed by atoms with Gasteiger partial charge in [-0.3, -0.25) is 4.79 Å². The lowest BCUT2D eigenvalue weighted by atomic mass is 10.1. The number of hydrogen-bond donors (Lipinski definition) is 1. The molecule has 0 fully saturated rings. The van der Waals surface area contributed by atoms with Gasteiger partial charge in [-0.2, -0.15) is 0 Å². The topological polar surface area (TPSA) is 38.3 Å². The van der Waals surface area contributed by atoms with Crippen molar-refractivity contribution in [2.24, 2.45) is 0 Å². The van der Waals surface area contributed by atoms with E-state index in [1.54, 1.807) is 7.05 Å². The molecule has 3 nitrogen and oxygen atoms in total. The maximum atomic E-state index is 13.2. The number of hydrogen-bond acceptors (Lipinski definition) is 3. The number of nitrogens with one attached hydrogen (secondary N) is 1. The zero-order chi connectivity index (χ0) is 10.6. The molecular formula is C10H12FNO2. The summed E-state index contributed by atoms with van der Waals surface area (Å²) in [7, 11) is 3.10. The number of ether oxygens (including phenoxy) is 1. The van der Waals surface area contributed by atoms with E-state index < -0.39 is 5.82 Å². The molecule has 0 atom stereocenters. The second-order valence-electron chi connectivity index (χ2n) is 2.83. The summed E-state index contributed by atoms with van der Waals surface area (Å²) in [5.74, 6) is -0.365. The van der Waals surface area contributed by atoms with E-state index in [-0.39, 0.29) is 5.75 Å². The van der Waals surface area contributed by atoms with Crippen LogP contribution in [0.3, 0.4) is 0 Å². The average molecular weight is 197 g/mol. The van der Waals surface area contributed by atoms with Gasteiger partial charge in [-0.05, 0) is 24.7 Å². The van der Waals surface area contributed by atoms with Crippen LogP contribution in [0.5, 0.6) is 5.75 Å². The highest BCUT2D eigenvalue weighted by Gasteiger charge is 2.08. The molecule has 0 aromatic heterocycles. The Morgan fingerprint density at radius 3 is 2.79 bits per heavy atom. The molecule has 1 aromatic rings. The van der Waals surface area contributed by atoms with Gasteiger partial charge in [0.2, 0.25) is 0 Å². The summed E-state index contributed by atoms with van der Waals surface area (Å²) in [4.78, 5) is 10.7. The van der Waals surface area contributed by atoms with Crippen molar-refractivity contribution in [3.63, 3.8) is 0 Å². The fraction of sp³-hybridized carbons (Fsp3) is 0.300. The minimum absolute atomic E-state index is 0.0898. The molecule has 1 rings (SSSR count). The Bertz CT molecular complexity index is 339. The molecule has 0 radical (unpaired) electrons. The molecule has 0 aliphatic rings. The van der Waals surface area contributed by atoms with E-state index in [0.29, 0.717) is 24.0 Å². The van der Waals surface area contributed by atoms with Gasteiger partial charge in [0.1, 0.15) is 0 Å². The molecule has 1 aromatic carbocycles. The Balaban J connectivity index is 3.16. The zero-order valence-corrected chi connectivity index (χ0v) is 8.13. The monoisotopic (exact) mass is 197 g/mol. The summed E-state index contributed by atoms with van der Waals surface area (Å²) in [6, 6.07) is 2.70. The Labute approximate surface area is 81.9 Å². The minimum Gasteiger partial charge on any atom is -0.494 e. The highest BCUT2D eigenvalue weighted by Crippen LogP contribution is 2.21. The molecule has 0 unspecified atom stereocenters. The van der Waals surface area contributed by atoms with Gasteiger partial charge in [0.15, 0.2) is 17.9 Å². The molecule has 0 aliphatic heterocycles. The molecule has 0 saturated carbocycles. The van der Waals surface area contributed by atoms with E-state index in [1.165, 1.54) is 19.2 Å². The van der Waals surface area contributed by atoms with Crippen molar-refractivity contribution in [3.8, 4) is 5.75 Å². The van der Waals surface area contributed by atoms with Crippen LogP contribution in [0.2, 0.25) is 0 Å². The molecule has 0 heterocycles. The van der Waals surface area contributed by atoms with E-state index in [0.717, 1.165) is 0 Å². The van der Waals surface area contributed by atoms with Crippen LogP contribution < -0.4 is 10.1 Å². The van der Waals surface area contributed by atoms with Crippen molar-refractivity contribution in [1.82, 2.24) is 5.32 Å². The molecule has 76 valence electrons. The number of carbonyl (C=O) groups is 1. The molecule has 0 saturated heterocycles. The fourth-order valence-electron chi connectivity index (χ4n) is 1.22. The second-order valence-corrected chi connectivity index (χ2v) is 2.83. The smallest absolute Gasteiger partial charge is 0.165 e. The molecule has 4 heteroatoms. The van der Waals surface area contributed by atoms with Gasteiger partial charge in [0.25, 0.3) is 0 Å². The summed E-state index contributed by atoms with van der Waals surface area (Å²) in [5.41, 5.74) is 1.07. The third-order valence-corrected chi connectivity index (χ3v) is 1.91. The second kappa shape index (κ2) is 4.72. The normalized spacial score (nSPS) is 9.93. The Kier molecular flexibility index (Phi) is 3.59. The lowest BCUT2D eigenvalue weighted by Crippen LogP contribution is -2.08. The van der Waals surface area contributed by atoms with Crippen LogP contribution in [0.4, 0.5) is 4.39 Å². The lowest BCUT2D eigenvalue weighted by Gasteiger charge is -2.07. The number of aldehydes is 1. The van der Waals surface area contributed by atoms with Gasteiger partial charge in [0.05, 0.1) is 7.11 Å². The molecule has 0 aliphatic carbocycles. The van der Waals surface area contributed by atoms with Gasteiger partial charge in [-0.25, -0.2) is 4.39 Å². The van der Waals surface area contributed by atoms with Crippen molar-refractivity contribution < 1.29 is 13.9 Å². The quantitative estimate of drug-likeness (QED) is 0.741. The van der Waals surface area contributed by atoms with E-state index in [9.17, 15) is 9.18 Å². The van der Waals surface area contributed by atoms with Crippen LogP contribution in [0.25, 0.3) is 0 Å². The van der Waals surface area contributed by atoms with E-state index in [4.69, 9.17) is 4.74 Å². The largest absolute Gasteiger partial charge is 0.494 e. The molecule has 0 bridgehead atoms. The summed E-state index contributed by atoms with van der Waals surface area (Å²) in [6.07, 6.45) is 0.689. The molecule has 0 amide bonds. The Hall–Kier alpha value is -1.42. The molecular weight excluding hydrogens is 185 g/mol. The third kappa shape index (κ3) is 2.09. The summed E-state index contributed by atoms with van der Waals surface area (Å²) < 4.78 is 18.0. The van der Waals surface area contributed by atoms with Crippen LogP contribution in [-0.4, -0.2) is 20.4 Å². The third-order valence-electron chi connectivity index (χ3n) is 1.91. The molecule has 14 heavy (non-hydrogen) atoms. The van der Waals surface area contributed by atoms with E-state index >= 15 is 0 Å².